The fourth-order valence-corrected chi connectivity index (χ4v) is 3.11. The van der Waals surface area contributed by atoms with Crippen molar-refractivity contribution in [2.45, 2.75) is 13.2 Å². The topological polar surface area (TPSA) is 56.2 Å². The van der Waals surface area contributed by atoms with Gasteiger partial charge in [0.15, 0.2) is 0 Å². The van der Waals surface area contributed by atoms with Gasteiger partial charge in [0, 0.05) is 5.02 Å². The molecule has 0 radical (unpaired) electrons. The van der Waals surface area contributed by atoms with Gasteiger partial charge in [-0.05, 0) is 48.5 Å². The molecule has 0 spiro atoms. The molecule has 0 saturated heterocycles. The molecule has 1 heterocycles. The molecular weight excluding hydrogens is 393 g/mol. The molecule has 0 atom stereocenters. The van der Waals surface area contributed by atoms with Crippen LogP contribution in [0, 0.1) is 5.82 Å². The van der Waals surface area contributed by atoms with Crippen LogP contribution in [0.2, 0.25) is 5.02 Å². The molecule has 1 aromatic heterocycles. The van der Waals surface area contributed by atoms with E-state index in [2.05, 4.69) is 10.3 Å². The maximum atomic E-state index is 13.8. The largest absolute Gasteiger partial charge is 0.486 e. The zero-order valence-corrected chi connectivity index (χ0v) is 16.1. The lowest BCUT2D eigenvalue weighted by Crippen LogP contribution is -2.21. The molecule has 0 aliphatic heterocycles. The molecular formula is C22H17ClFN3O2. The van der Waals surface area contributed by atoms with Crippen molar-refractivity contribution >= 4 is 34.2 Å². The predicted molar refractivity (Wildman–Crippen MR) is 111 cm³/mol. The van der Waals surface area contributed by atoms with Gasteiger partial charge in [-0.1, -0.05) is 35.9 Å². The van der Waals surface area contributed by atoms with Gasteiger partial charge in [-0.2, -0.15) is 0 Å². The highest BCUT2D eigenvalue weighted by Gasteiger charge is 2.15. The highest BCUT2D eigenvalue weighted by molar-refractivity contribution is 6.30. The van der Waals surface area contributed by atoms with Gasteiger partial charge in [0.2, 0.25) is 5.91 Å². The van der Waals surface area contributed by atoms with Gasteiger partial charge in [-0.25, -0.2) is 9.37 Å². The van der Waals surface area contributed by atoms with E-state index in [4.69, 9.17) is 16.3 Å². The molecule has 1 amide bonds. The van der Waals surface area contributed by atoms with Crippen LogP contribution in [0.5, 0.6) is 5.75 Å². The summed E-state index contributed by atoms with van der Waals surface area (Å²) < 4.78 is 21.4. The molecule has 3 aromatic carbocycles. The van der Waals surface area contributed by atoms with Gasteiger partial charge >= 0.3 is 0 Å². The van der Waals surface area contributed by atoms with Crippen LogP contribution >= 0.6 is 11.6 Å². The average molecular weight is 410 g/mol. The van der Waals surface area contributed by atoms with E-state index >= 15 is 0 Å². The van der Waals surface area contributed by atoms with Crippen LogP contribution in [0.3, 0.4) is 0 Å². The van der Waals surface area contributed by atoms with Crippen LogP contribution in [0.1, 0.15) is 5.82 Å². The number of rotatable bonds is 6. The van der Waals surface area contributed by atoms with E-state index in [1.807, 2.05) is 24.3 Å². The third kappa shape index (κ3) is 4.38. The number of carbonyl (C=O) groups excluding carboxylic acids is 1. The van der Waals surface area contributed by atoms with Crippen molar-refractivity contribution in [2.24, 2.45) is 0 Å². The average Bonchev–Trinajstić information content (AvgIpc) is 3.07. The number of benzene rings is 3. The van der Waals surface area contributed by atoms with E-state index in [0.717, 1.165) is 11.0 Å². The molecule has 0 saturated carbocycles. The molecule has 5 nitrogen and oxygen atoms in total. The van der Waals surface area contributed by atoms with Gasteiger partial charge in [0.05, 0.1) is 16.7 Å². The van der Waals surface area contributed by atoms with E-state index in [1.54, 1.807) is 41.0 Å². The molecule has 4 aromatic rings. The van der Waals surface area contributed by atoms with Crippen LogP contribution in [0.4, 0.5) is 10.1 Å². The Balaban J connectivity index is 1.57. The quantitative estimate of drug-likeness (QED) is 0.485. The SMILES string of the molecule is O=C(Cn1c(COc2ccc(Cl)cc2)nc2ccccc21)Nc1ccccc1F. The van der Waals surface area contributed by atoms with Crippen LogP contribution in [0.25, 0.3) is 11.0 Å². The highest BCUT2D eigenvalue weighted by atomic mass is 35.5. The number of hydrogen-bond acceptors (Lipinski definition) is 3. The molecule has 0 aliphatic rings. The number of nitrogens with zero attached hydrogens (tertiary/aromatic N) is 2. The Morgan fingerprint density at radius 3 is 2.55 bits per heavy atom. The number of fused-ring (bicyclic) bond motifs is 1. The summed E-state index contributed by atoms with van der Waals surface area (Å²) in [5, 5.41) is 3.22. The third-order valence-electron chi connectivity index (χ3n) is 4.36. The zero-order valence-electron chi connectivity index (χ0n) is 15.3. The summed E-state index contributed by atoms with van der Waals surface area (Å²) in [6.07, 6.45) is 0. The van der Waals surface area contributed by atoms with Gasteiger partial charge in [-0.3, -0.25) is 4.79 Å². The summed E-state index contributed by atoms with van der Waals surface area (Å²) >= 11 is 5.90. The van der Waals surface area contributed by atoms with Crippen molar-refractivity contribution in [3.63, 3.8) is 0 Å². The first-order valence-electron chi connectivity index (χ1n) is 8.97. The number of aromatic nitrogens is 2. The summed E-state index contributed by atoms with van der Waals surface area (Å²) in [6.45, 7) is 0.150. The summed E-state index contributed by atoms with van der Waals surface area (Å²) in [4.78, 5) is 17.1. The van der Waals surface area contributed by atoms with Gasteiger partial charge in [0.25, 0.3) is 0 Å². The smallest absolute Gasteiger partial charge is 0.244 e. The maximum Gasteiger partial charge on any atom is 0.244 e. The van der Waals surface area contributed by atoms with E-state index in [1.165, 1.54) is 12.1 Å². The van der Waals surface area contributed by atoms with Crippen LogP contribution in [-0.4, -0.2) is 15.5 Å². The fraction of sp³-hybridized carbons (Fsp3) is 0.0909. The first-order chi connectivity index (χ1) is 14.1. The fourth-order valence-electron chi connectivity index (χ4n) is 2.99. The summed E-state index contributed by atoms with van der Waals surface area (Å²) in [6, 6.07) is 20.6. The Kier molecular flexibility index (Phi) is 5.44. The van der Waals surface area contributed by atoms with Gasteiger partial charge in [0.1, 0.15) is 30.5 Å². The van der Waals surface area contributed by atoms with E-state index < -0.39 is 5.82 Å². The molecule has 29 heavy (non-hydrogen) atoms. The number of carbonyl (C=O) groups is 1. The molecule has 7 heteroatoms. The lowest BCUT2D eigenvalue weighted by atomic mass is 10.3. The number of amides is 1. The first-order valence-corrected chi connectivity index (χ1v) is 9.35. The number of halogens is 2. The normalized spacial score (nSPS) is 10.8. The van der Waals surface area contributed by atoms with Gasteiger partial charge < -0.3 is 14.6 Å². The van der Waals surface area contributed by atoms with E-state index in [9.17, 15) is 9.18 Å². The van der Waals surface area contributed by atoms with Crippen molar-refractivity contribution in [3.05, 3.63) is 89.5 Å². The molecule has 1 N–H and O–H groups in total. The van der Waals surface area contributed by atoms with Crippen molar-refractivity contribution in [1.82, 2.24) is 9.55 Å². The first kappa shape index (κ1) is 19.0. The molecule has 0 aliphatic carbocycles. The lowest BCUT2D eigenvalue weighted by molar-refractivity contribution is -0.116. The van der Waals surface area contributed by atoms with Crippen molar-refractivity contribution in [1.29, 1.82) is 0 Å². The standard InChI is InChI=1S/C22H17ClFN3O2/c23-15-9-11-16(12-10-15)29-14-21-25-19-7-3-4-8-20(19)27(21)13-22(28)26-18-6-2-1-5-17(18)24/h1-12H,13-14H2,(H,26,28). The lowest BCUT2D eigenvalue weighted by Gasteiger charge is -2.11. The number of para-hydroxylation sites is 3. The van der Waals surface area contributed by atoms with E-state index in [0.29, 0.717) is 16.6 Å². The number of imidazole rings is 1. The Labute approximate surface area is 171 Å². The number of hydrogen-bond donors (Lipinski definition) is 1. The van der Waals surface area contributed by atoms with Crippen molar-refractivity contribution in [3.8, 4) is 5.75 Å². The molecule has 4 rings (SSSR count). The molecule has 146 valence electrons. The predicted octanol–water partition coefficient (Wildman–Crippen LogP) is 5.05. The molecule has 0 bridgehead atoms. The van der Waals surface area contributed by atoms with Crippen molar-refractivity contribution < 1.29 is 13.9 Å². The zero-order chi connectivity index (χ0) is 20.2. The summed E-state index contributed by atoms with van der Waals surface area (Å²) in [7, 11) is 0. The minimum Gasteiger partial charge on any atom is -0.486 e. The minimum absolute atomic E-state index is 0.0197. The second-order valence-corrected chi connectivity index (χ2v) is 6.81. The number of anilines is 1. The number of nitrogens with one attached hydrogen (secondary N) is 1. The molecule has 0 unspecified atom stereocenters. The Morgan fingerprint density at radius 2 is 1.76 bits per heavy atom. The molecule has 0 fully saturated rings. The number of ether oxygens (including phenoxy) is 1. The summed E-state index contributed by atoms with van der Waals surface area (Å²) in [5.41, 5.74) is 1.69. The van der Waals surface area contributed by atoms with Crippen molar-refractivity contribution in [2.75, 3.05) is 5.32 Å². The third-order valence-corrected chi connectivity index (χ3v) is 4.62. The van der Waals surface area contributed by atoms with Crippen LogP contribution in [0.15, 0.2) is 72.8 Å². The minimum atomic E-state index is -0.484. The monoisotopic (exact) mass is 409 g/mol. The highest BCUT2D eigenvalue weighted by Crippen LogP contribution is 2.20. The van der Waals surface area contributed by atoms with E-state index in [-0.39, 0.29) is 24.7 Å². The van der Waals surface area contributed by atoms with Crippen LogP contribution in [-0.2, 0) is 17.9 Å². The van der Waals surface area contributed by atoms with Gasteiger partial charge in [-0.15, -0.1) is 0 Å². The Hall–Kier alpha value is -3.38. The van der Waals surface area contributed by atoms with Crippen LogP contribution < -0.4 is 10.1 Å². The maximum absolute atomic E-state index is 13.8. The summed E-state index contributed by atoms with van der Waals surface area (Å²) in [5.74, 6) is 0.391. The Morgan fingerprint density at radius 1 is 1.03 bits per heavy atom. The Bertz CT molecular complexity index is 1160. The second kappa shape index (κ2) is 8.32. The second-order valence-electron chi connectivity index (χ2n) is 6.37.